The average molecular weight is 341 g/mol. The average Bonchev–Trinajstić information content (AvgIpc) is 2.95. The van der Waals surface area contributed by atoms with Crippen molar-refractivity contribution in [3.05, 3.63) is 34.4 Å². The number of piperidine rings is 1. The second kappa shape index (κ2) is 7.72. The normalized spacial score (nSPS) is 23.7. The van der Waals surface area contributed by atoms with Crippen LogP contribution >= 0.6 is 12.4 Å². The smallest absolute Gasteiger partial charge is 0.292 e. The highest BCUT2D eigenvalue weighted by molar-refractivity contribution is 5.94. The molecular formula is C15H21ClN4O3. The Hall–Kier alpha value is -1.70. The molecule has 0 aliphatic carbocycles. The summed E-state index contributed by atoms with van der Waals surface area (Å²) < 4.78 is 0. The molecule has 2 atom stereocenters. The van der Waals surface area contributed by atoms with E-state index in [9.17, 15) is 14.9 Å². The molecule has 1 amide bonds. The third kappa shape index (κ3) is 4.19. The number of hydrogen-bond acceptors (Lipinski definition) is 5. The number of nitro benzene ring substituents is 1. The van der Waals surface area contributed by atoms with Crippen molar-refractivity contribution in [3.63, 3.8) is 0 Å². The van der Waals surface area contributed by atoms with Gasteiger partial charge in [0, 0.05) is 12.6 Å². The van der Waals surface area contributed by atoms with E-state index in [1.807, 2.05) is 0 Å². The van der Waals surface area contributed by atoms with Crippen LogP contribution in [0.2, 0.25) is 0 Å². The first kappa shape index (κ1) is 17.7. The van der Waals surface area contributed by atoms with Crippen molar-refractivity contribution in [2.24, 2.45) is 11.8 Å². The molecule has 2 aliphatic rings. The molecule has 2 unspecified atom stereocenters. The van der Waals surface area contributed by atoms with Crippen molar-refractivity contribution >= 4 is 29.7 Å². The van der Waals surface area contributed by atoms with E-state index < -0.39 is 4.92 Å². The number of benzene rings is 1. The number of halogens is 1. The van der Waals surface area contributed by atoms with E-state index in [4.69, 9.17) is 0 Å². The Labute approximate surface area is 141 Å². The number of carbonyl (C=O) groups is 1. The van der Waals surface area contributed by atoms with Gasteiger partial charge in [0.25, 0.3) is 5.69 Å². The maximum atomic E-state index is 12.2. The molecule has 0 bridgehead atoms. The minimum absolute atomic E-state index is 0. The van der Waals surface area contributed by atoms with E-state index in [2.05, 4.69) is 15.5 Å². The predicted molar refractivity (Wildman–Crippen MR) is 89.9 cm³/mol. The number of nitro groups is 1. The van der Waals surface area contributed by atoms with Crippen molar-refractivity contribution in [1.82, 2.24) is 10.2 Å². The Balaban J connectivity index is 0.00000192. The maximum Gasteiger partial charge on any atom is 0.292 e. The summed E-state index contributed by atoms with van der Waals surface area (Å²) in [4.78, 5) is 24.8. The first-order valence-corrected chi connectivity index (χ1v) is 7.60. The number of carbonyl (C=O) groups excluding carboxylic acids is 1. The van der Waals surface area contributed by atoms with Gasteiger partial charge in [-0.05, 0) is 44.0 Å². The van der Waals surface area contributed by atoms with Crippen LogP contribution in [-0.2, 0) is 4.79 Å². The van der Waals surface area contributed by atoms with E-state index in [0.717, 1.165) is 38.5 Å². The number of para-hydroxylation sites is 2. The summed E-state index contributed by atoms with van der Waals surface area (Å²) in [5, 5.41) is 17.0. The van der Waals surface area contributed by atoms with Gasteiger partial charge in [0.15, 0.2) is 0 Å². The molecule has 3 rings (SSSR count). The van der Waals surface area contributed by atoms with E-state index >= 15 is 0 Å². The Morgan fingerprint density at radius 3 is 2.87 bits per heavy atom. The molecule has 7 nitrogen and oxygen atoms in total. The number of anilines is 1. The van der Waals surface area contributed by atoms with E-state index in [-0.39, 0.29) is 36.2 Å². The van der Waals surface area contributed by atoms with Gasteiger partial charge in [0.1, 0.15) is 5.69 Å². The third-order valence-corrected chi connectivity index (χ3v) is 4.53. The van der Waals surface area contributed by atoms with Crippen LogP contribution in [0.15, 0.2) is 24.3 Å². The number of likely N-dealkylation sites (tertiary alicyclic amines) is 1. The highest BCUT2D eigenvalue weighted by atomic mass is 35.5. The number of fused-ring (bicyclic) bond motifs is 1. The first-order valence-electron chi connectivity index (χ1n) is 7.60. The van der Waals surface area contributed by atoms with Crippen LogP contribution in [0.3, 0.4) is 0 Å². The van der Waals surface area contributed by atoms with Crippen LogP contribution in [0.25, 0.3) is 0 Å². The van der Waals surface area contributed by atoms with Crippen LogP contribution in [-0.4, -0.2) is 48.5 Å². The first-order chi connectivity index (χ1) is 10.6. The highest BCUT2D eigenvalue weighted by Gasteiger charge is 2.33. The Morgan fingerprint density at radius 2 is 2.09 bits per heavy atom. The van der Waals surface area contributed by atoms with E-state index in [1.54, 1.807) is 18.2 Å². The zero-order valence-corrected chi connectivity index (χ0v) is 13.6. The SMILES string of the molecule is Cl.O=C(CN1CCC2CNCC2C1)Nc1ccccc1[N+](=O)[O-]. The second-order valence-corrected chi connectivity index (χ2v) is 6.02. The van der Waals surface area contributed by atoms with Crippen LogP contribution in [0.5, 0.6) is 0 Å². The lowest BCUT2D eigenvalue weighted by Crippen LogP contribution is -2.43. The van der Waals surface area contributed by atoms with Crippen molar-refractivity contribution in [1.29, 1.82) is 0 Å². The van der Waals surface area contributed by atoms with Crippen LogP contribution in [0.1, 0.15) is 6.42 Å². The fourth-order valence-corrected chi connectivity index (χ4v) is 3.39. The van der Waals surface area contributed by atoms with Crippen molar-refractivity contribution in [2.75, 3.05) is 38.0 Å². The Kier molecular flexibility index (Phi) is 5.92. The summed E-state index contributed by atoms with van der Waals surface area (Å²) in [6.45, 7) is 4.22. The minimum atomic E-state index is -0.481. The topological polar surface area (TPSA) is 87.5 Å². The number of nitrogens with one attached hydrogen (secondary N) is 2. The maximum absolute atomic E-state index is 12.2. The molecule has 2 aliphatic heterocycles. The van der Waals surface area contributed by atoms with Crippen LogP contribution in [0, 0.1) is 22.0 Å². The summed E-state index contributed by atoms with van der Waals surface area (Å²) in [5.41, 5.74) is 0.185. The molecule has 2 saturated heterocycles. The third-order valence-electron chi connectivity index (χ3n) is 4.53. The molecule has 1 aromatic carbocycles. The van der Waals surface area contributed by atoms with Gasteiger partial charge >= 0.3 is 0 Å². The summed E-state index contributed by atoms with van der Waals surface area (Å²) in [6.07, 6.45) is 1.11. The zero-order chi connectivity index (χ0) is 15.5. The summed E-state index contributed by atoms with van der Waals surface area (Å²) in [6, 6.07) is 6.22. The number of amides is 1. The second-order valence-electron chi connectivity index (χ2n) is 6.02. The summed E-state index contributed by atoms with van der Waals surface area (Å²) in [7, 11) is 0. The van der Waals surface area contributed by atoms with Crippen molar-refractivity contribution in [2.45, 2.75) is 6.42 Å². The molecule has 126 valence electrons. The fourth-order valence-electron chi connectivity index (χ4n) is 3.39. The highest BCUT2D eigenvalue weighted by Crippen LogP contribution is 2.27. The van der Waals surface area contributed by atoms with Crippen molar-refractivity contribution < 1.29 is 9.72 Å². The minimum Gasteiger partial charge on any atom is -0.319 e. The van der Waals surface area contributed by atoms with Gasteiger partial charge in [-0.3, -0.25) is 19.8 Å². The Morgan fingerprint density at radius 1 is 1.35 bits per heavy atom. The van der Waals surface area contributed by atoms with Crippen LogP contribution in [0.4, 0.5) is 11.4 Å². The fraction of sp³-hybridized carbons (Fsp3) is 0.533. The molecule has 2 heterocycles. The molecular weight excluding hydrogens is 320 g/mol. The molecule has 8 heteroatoms. The van der Waals surface area contributed by atoms with E-state index in [0.29, 0.717) is 5.92 Å². The number of nitrogens with zero attached hydrogens (tertiary/aromatic N) is 2. The lowest BCUT2D eigenvalue weighted by molar-refractivity contribution is -0.383. The van der Waals surface area contributed by atoms with Gasteiger partial charge in [-0.2, -0.15) is 0 Å². The van der Waals surface area contributed by atoms with E-state index in [1.165, 1.54) is 6.07 Å². The standard InChI is InChI=1S/C15H20N4O3.ClH/c20-15(17-13-3-1-2-4-14(13)19(21)22)10-18-6-5-11-7-16-8-12(11)9-18;/h1-4,11-12,16H,5-10H2,(H,17,20);1H. The zero-order valence-electron chi connectivity index (χ0n) is 12.7. The van der Waals surface area contributed by atoms with Crippen molar-refractivity contribution in [3.8, 4) is 0 Å². The quantitative estimate of drug-likeness (QED) is 0.640. The lowest BCUT2D eigenvalue weighted by Gasteiger charge is -2.33. The molecule has 2 fully saturated rings. The molecule has 1 aromatic rings. The largest absolute Gasteiger partial charge is 0.319 e. The Bertz CT molecular complexity index is 584. The van der Waals surface area contributed by atoms with Gasteiger partial charge in [-0.25, -0.2) is 0 Å². The van der Waals surface area contributed by atoms with Gasteiger partial charge in [-0.15, -0.1) is 12.4 Å². The number of hydrogen-bond donors (Lipinski definition) is 2. The number of rotatable bonds is 4. The monoisotopic (exact) mass is 340 g/mol. The summed E-state index contributed by atoms with van der Waals surface area (Å²) >= 11 is 0. The molecule has 0 radical (unpaired) electrons. The molecule has 23 heavy (non-hydrogen) atoms. The van der Waals surface area contributed by atoms with Gasteiger partial charge < -0.3 is 10.6 Å². The summed E-state index contributed by atoms with van der Waals surface area (Å²) in [5.74, 6) is 1.15. The molecule has 0 saturated carbocycles. The van der Waals surface area contributed by atoms with Gasteiger partial charge in [0.2, 0.25) is 5.91 Å². The van der Waals surface area contributed by atoms with Gasteiger partial charge in [-0.1, -0.05) is 12.1 Å². The molecule has 0 spiro atoms. The van der Waals surface area contributed by atoms with Gasteiger partial charge in [0.05, 0.1) is 11.5 Å². The molecule has 0 aromatic heterocycles. The van der Waals surface area contributed by atoms with Crippen LogP contribution < -0.4 is 10.6 Å². The molecule has 2 N–H and O–H groups in total. The lowest BCUT2D eigenvalue weighted by atomic mass is 9.89. The predicted octanol–water partition coefficient (Wildman–Crippen LogP) is 1.50.